The highest BCUT2D eigenvalue weighted by Gasteiger charge is 2.33. The van der Waals surface area contributed by atoms with Crippen molar-refractivity contribution < 1.29 is 27.5 Å². The molecule has 2 amide bonds. The molecule has 0 radical (unpaired) electrons. The molecule has 1 N–H and O–H groups in total. The van der Waals surface area contributed by atoms with E-state index in [4.69, 9.17) is 9.47 Å². The van der Waals surface area contributed by atoms with Crippen LogP contribution in [0.5, 0.6) is 11.5 Å². The first-order valence-electron chi connectivity index (χ1n) is 13.0. The first kappa shape index (κ1) is 30.5. The zero-order chi connectivity index (χ0) is 29.3. The maximum atomic E-state index is 14.0. The van der Waals surface area contributed by atoms with E-state index in [1.54, 1.807) is 67.8 Å². The summed E-state index contributed by atoms with van der Waals surface area (Å²) in [6.07, 6.45) is 0.338. The van der Waals surface area contributed by atoms with Gasteiger partial charge >= 0.3 is 0 Å². The number of ether oxygens (including phenoxy) is 2. The molecule has 1 atom stereocenters. The van der Waals surface area contributed by atoms with Gasteiger partial charge in [0.15, 0.2) is 0 Å². The predicted molar refractivity (Wildman–Crippen MR) is 155 cm³/mol. The lowest BCUT2D eigenvalue weighted by molar-refractivity contribution is -0.140. The van der Waals surface area contributed by atoms with Gasteiger partial charge in [0.25, 0.3) is 10.0 Å². The fraction of sp³-hybridized carbons (Fsp3) is 0.333. The highest BCUT2D eigenvalue weighted by atomic mass is 32.2. The SMILES string of the molecule is CCC(C(=O)NC(C)C)N(Cc1cccc(OC)c1)C(=O)CN(c1ccccc1)S(=O)(=O)c1ccc(OC)cc1. The average molecular weight is 568 g/mol. The molecule has 0 spiro atoms. The van der Waals surface area contributed by atoms with E-state index in [-0.39, 0.29) is 23.4 Å². The van der Waals surface area contributed by atoms with Crippen molar-refractivity contribution in [2.45, 2.75) is 50.7 Å². The molecule has 3 aromatic carbocycles. The predicted octanol–water partition coefficient (Wildman–Crippen LogP) is 4.23. The van der Waals surface area contributed by atoms with E-state index in [0.717, 1.165) is 9.87 Å². The van der Waals surface area contributed by atoms with Crippen LogP contribution in [0.1, 0.15) is 32.8 Å². The molecule has 0 aliphatic rings. The summed E-state index contributed by atoms with van der Waals surface area (Å²) in [4.78, 5) is 28.7. The Bertz CT molecular complexity index is 1380. The van der Waals surface area contributed by atoms with Crippen LogP contribution in [0, 0.1) is 0 Å². The summed E-state index contributed by atoms with van der Waals surface area (Å²) in [6, 6.07) is 20.7. The fourth-order valence-electron chi connectivity index (χ4n) is 4.27. The van der Waals surface area contributed by atoms with Crippen molar-refractivity contribution in [1.29, 1.82) is 0 Å². The van der Waals surface area contributed by atoms with E-state index in [2.05, 4.69) is 5.32 Å². The van der Waals surface area contributed by atoms with Gasteiger partial charge in [0, 0.05) is 12.6 Å². The van der Waals surface area contributed by atoms with Gasteiger partial charge in [-0.2, -0.15) is 0 Å². The Morgan fingerprint density at radius 1 is 0.875 bits per heavy atom. The highest BCUT2D eigenvalue weighted by Crippen LogP contribution is 2.26. The zero-order valence-corrected chi connectivity index (χ0v) is 24.4. The minimum atomic E-state index is -4.15. The molecular weight excluding hydrogens is 530 g/mol. The monoisotopic (exact) mass is 567 g/mol. The number of sulfonamides is 1. The third-order valence-corrected chi connectivity index (χ3v) is 8.06. The van der Waals surface area contributed by atoms with Gasteiger partial charge in [-0.05, 0) is 74.4 Å². The lowest BCUT2D eigenvalue weighted by atomic mass is 10.1. The molecule has 0 aliphatic heterocycles. The molecule has 214 valence electrons. The van der Waals surface area contributed by atoms with E-state index in [1.807, 2.05) is 26.8 Å². The van der Waals surface area contributed by atoms with Crippen LogP contribution in [0.25, 0.3) is 0 Å². The van der Waals surface area contributed by atoms with Gasteiger partial charge in [0.05, 0.1) is 24.8 Å². The number of hydrogen-bond donors (Lipinski definition) is 1. The number of para-hydroxylation sites is 1. The van der Waals surface area contributed by atoms with E-state index in [0.29, 0.717) is 23.6 Å². The Kier molecular flexibility index (Phi) is 10.6. The van der Waals surface area contributed by atoms with E-state index < -0.39 is 28.5 Å². The Balaban J connectivity index is 2.04. The molecule has 0 heterocycles. The van der Waals surface area contributed by atoms with Crippen molar-refractivity contribution >= 4 is 27.5 Å². The number of amides is 2. The molecule has 1 unspecified atom stereocenters. The molecule has 9 nitrogen and oxygen atoms in total. The van der Waals surface area contributed by atoms with Crippen LogP contribution in [0.15, 0.2) is 83.8 Å². The smallest absolute Gasteiger partial charge is 0.264 e. The van der Waals surface area contributed by atoms with Crippen molar-refractivity contribution in [3.8, 4) is 11.5 Å². The van der Waals surface area contributed by atoms with Gasteiger partial charge < -0.3 is 19.7 Å². The third-order valence-electron chi connectivity index (χ3n) is 6.27. The maximum Gasteiger partial charge on any atom is 0.264 e. The molecule has 0 saturated heterocycles. The molecule has 0 aliphatic carbocycles. The molecule has 0 aromatic heterocycles. The Hall–Kier alpha value is -4.05. The maximum absolute atomic E-state index is 14.0. The quantitative estimate of drug-likeness (QED) is 0.332. The van der Waals surface area contributed by atoms with E-state index in [1.165, 1.54) is 24.1 Å². The number of anilines is 1. The number of rotatable bonds is 13. The van der Waals surface area contributed by atoms with Crippen LogP contribution < -0.4 is 19.1 Å². The molecule has 3 rings (SSSR count). The number of hydrogen-bond acceptors (Lipinski definition) is 6. The minimum Gasteiger partial charge on any atom is -0.497 e. The standard InChI is InChI=1S/C30H37N3O6S/c1-6-28(30(35)31-22(2)3)32(20-23-11-10-14-26(19-23)39-5)29(34)21-33(24-12-8-7-9-13-24)40(36,37)27-17-15-25(38-4)16-18-27/h7-19,22,28H,6,20-21H2,1-5H3,(H,31,35). The van der Waals surface area contributed by atoms with Crippen molar-refractivity contribution in [2.24, 2.45) is 0 Å². The lowest BCUT2D eigenvalue weighted by Crippen LogP contribution is -2.53. The molecule has 0 fully saturated rings. The summed E-state index contributed by atoms with van der Waals surface area (Å²) in [7, 11) is -1.11. The first-order chi connectivity index (χ1) is 19.1. The number of nitrogens with one attached hydrogen (secondary N) is 1. The van der Waals surface area contributed by atoms with Crippen LogP contribution in [-0.2, 0) is 26.2 Å². The van der Waals surface area contributed by atoms with Crippen molar-refractivity contribution in [2.75, 3.05) is 25.1 Å². The topological polar surface area (TPSA) is 105 Å². The highest BCUT2D eigenvalue weighted by molar-refractivity contribution is 7.92. The second kappa shape index (κ2) is 13.8. The Labute approximate surface area is 236 Å². The summed E-state index contributed by atoms with van der Waals surface area (Å²) >= 11 is 0. The molecular formula is C30H37N3O6S. The largest absolute Gasteiger partial charge is 0.497 e. The second-order valence-electron chi connectivity index (χ2n) is 9.48. The first-order valence-corrected chi connectivity index (χ1v) is 14.5. The number of benzene rings is 3. The second-order valence-corrected chi connectivity index (χ2v) is 11.3. The lowest BCUT2D eigenvalue weighted by Gasteiger charge is -2.33. The minimum absolute atomic E-state index is 0.00823. The molecule has 0 bridgehead atoms. The number of carbonyl (C=O) groups is 2. The third kappa shape index (κ3) is 7.53. The van der Waals surface area contributed by atoms with Crippen molar-refractivity contribution in [1.82, 2.24) is 10.2 Å². The van der Waals surface area contributed by atoms with Crippen molar-refractivity contribution in [3.05, 3.63) is 84.4 Å². The number of nitrogens with zero attached hydrogens (tertiary/aromatic N) is 2. The van der Waals surface area contributed by atoms with E-state index in [9.17, 15) is 18.0 Å². The van der Waals surface area contributed by atoms with Crippen molar-refractivity contribution in [3.63, 3.8) is 0 Å². The van der Waals surface area contributed by atoms with Crippen LogP contribution >= 0.6 is 0 Å². The Morgan fingerprint density at radius 3 is 2.10 bits per heavy atom. The van der Waals surface area contributed by atoms with Gasteiger partial charge in [-0.25, -0.2) is 8.42 Å². The van der Waals surface area contributed by atoms with Gasteiger partial charge in [0.1, 0.15) is 24.1 Å². The fourth-order valence-corrected chi connectivity index (χ4v) is 5.68. The van der Waals surface area contributed by atoms with Gasteiger partial charge in [0.2, 0.25) is 11.8 Å². The van der Waals surface area contributed by atoms with Gasteiger partial charge in [-0.1, -0.05) is 37.3 Å². The van der Waals surface area contributed by atoms with Crippen LogP contribution in [0.3, 0.4) is 0 Å². The van der Waals surface area contributed by atoms with Crippen LogP contribution in [0.4, 0.5) is 5.69 Å². The molecule has 3 aromatic rings. The van der Waals surface area contributed by atoms with E-state index >= 15 is 0 Å². The summed E-state index contributed by atoms with van der Waals surface area (Å²) in [6.45, 7) is 5.09. The molecule has 10 heteroatoms. The average Bonchev–Trinajstić information content (AvgIpc) is 2.95. The van der Waals surface area contributed by atoms with Crippen LogP contribution in [-0.4, -0.2) is 58.0 Å². The number of methoxy groups -OCH3 is 2. The Morgan fingerprint density at radius 2 is 1.52 bits per heavy atom. The normalized spacial score (nSPS) is 11.9. The number of carbonyl (C=O) groups excluding carboxylic acids is 2. The zero-order valence-electron chi connectivity index (χ0n) is 23.5. The summed E-state index contributed by atoms with van der Waals surface area (Å²) < 4.78 is 39.3. The summed E-state index contributed by atoms with van der Waals surface area (Å²) in [5, 5.41) is 2.89. The summed E-state index contributed by atoms with van der Waals surface area (Å²) in [5.41, 5.74) is 1.07. The van der Waals surface area contributed by atoms with Gasteiger partial charge in [-0.15, -0.1) is 0 Å². The molecule has 40 heavy (non-hydrogen) atoms. The molecule has 0 saturated carbocycles. The van der Waals surface area contributed by atoms with Crippen LogP contribution in [0.2, 0.25) is 0 Å². The van der Waals surface area contributed by atoms with Gasteiger partial charge in [-0.3, -0.25) is 13.9 Å². The summed E-state index contributed by atoms with van der Waals surface area (Å²) in [5.74, 6) is 0.290.